The maximum atomic E-state index is 12.3. The van der Waals surface area contributed by atoms with Gasteiger partial charge >= 0.3 is 5.97 Å². The first kappa shape index (κ1) is 13.6. The van der Waals surface area contributed by atoms with Crippen LogP contribution in [0.25, 0.3) is 11.1 Å². The molecule has 0 unspecified atom stereocenters. The molecule has 1 N–H and O–H groups in total. The van der Waals surface area contributed by atoms with Gasteiger partial charge < -0.3 is 9.72 Å². The maximum Gasteiger partial charge on any atom is 0.344 e. The number of aromatic amines is 1. The van der Waals surface area contributed by atoms with Gasteiger partial charge in [-0.05, 0) is 37.3 Å². The average Bonchev–Trinajstić information content (AvgIpc) is 2.94. The molecule has 4 nitrogen and oxygen atoms in total. The molecule has 0 atom stereocenters. The molecule has 1 aliphatic rings. The highest BCUT2D eigenvalue weighted by Gasteiger charge is 2.26. The highest BCUT2D eigenvalue weighted by atomic mass is 16.5. The second-order valence-corrected chi connectivity index (χ2v) is 5.10. The summed E-state index contributed by atoms with van der Waals surface area (Å²) < 4.78 is 5.07. The standard InChI is InChI=1S/C17H17NO3/c1-2-21-17(20)15-14(11-7-4-3-5-8-11)12-9-6-10-13(12)18-16(15)19/h3-5,7-8H,2,6,9-10H2,1H3,(H,18,19). The zero-order valence-corrected chi connectivity index (χ0v) is 11.9. The van der Waals surface area contributed by atoms with Crippen molar-refractivity contribution < 1.29 is 9.53 Å². The van der Waals surface area contributed by atoms with Crippen LogP contribution in [0.5, 0.6) is 0 Å². The summed E-state index contributed by atoms with van der Waals surface area (Å²) in [6, 6.07) is 9.59. The lowest BCUT2D eigenvalue weighted by molar-refractivity contribution is 0.0525. The van der Waals surface area contributed by atoms with Crippen molar-refractivity contribution >= 4 is 5.97 Å². The number of carbonyl (C=O) groups excluding carboxylic acids is 1. The number of ether oxygens (including phenoxy) is 1. The Labute approximate surface area is 122 Å². The Morgan fingerprint density at radius 1 is 1.24 bits per heavy atom. The van der Waals surface area contributed by atoms with E-state index in [0.29, 0.717) is 0 Å². The van der Waals surface area contributed by atoms with Gasteiger partial charge in [0.25, 0.3) is 5.56 Å². The van der Waals surface area contributed by atoms with Crippen molar-refractivity contribution in [2.45, 2.75) is 26.2 Å². The second kappa shape index (κ2) is 5.56. The van der Waals surface area contributed by atoms with Gasteiger partial charge in [-0.2, -0.15) is 0 Å². The van der Waals surface area contributed by atoms with Gasteiger partial charge in [0.05, 0.1) is 6.61 Å². The molecule has 0 aliphatic heterocycles. The molecule has 0 saturated carbocycles. The highest BCUT2D eigenvalue weighted by molar-refractivity contribution is 5.98. The van der Waals surface area contributed by atoms with E-state index in [0.717, 1.165) is 41.6 Å². The third-order valence-electron chi connectivity index (χ3n) is 3.80. The molecule has 1 heterocycles. The number of rotatable bonds is 3. The van der Waals surface area contributed by atoms with Gasteiger partial charge in [-0.15, -0.1) is 0 Å². The summed E-state index contributed by atoms with van der Waals surface area (Å²) in [5, 5.41) is 0. The Balaban J connectivity index is 2.29. The third-order valence-corrected chi connectivity index (χ3v) is 3.80. The molecule has 0 radical (unpaired) electrons. The van der Waals surface area contributed by atoms with Gasteiger partial charge in [0, 0.05) is 11.3 Å². The van der Waals surface area contributed by atoms with Crippen molar-refractivity contribution in [3.63, 3.8) is 0 Å². The second-order valence-electron chi connectivity index (χ2n) is 5.10. The Morgan fingerprint density at radius 3 is 2.71 bits per heavy atom. The quantitative estimate of drug-likeness (QED) is 0.881. The molecular formula is C17H17NO3. The summed E-state index contributed by atoms with van der Waals surface area (Å²) in [6.07, 6.45) is 2.73. The predicted molar refractivity (Wildman–Crippen MR) is 80.5 cm³/mol. The number of fused-ring (bicyclic) bond motifs is 1. The first-order valence-corrected chi connectivity index (χ1v) is 7.23. The minimum Gasteiger partial charge on any atom is -0.462 e. The van der Waals surface area contributed by atoms with E-state index in [1.54, 1.807) is 6.92 Å². The molecular weight excluding hydrogens is 266 g/mol. The summed E-state index contributed by atoms with van der Waals surface area (Å²) >= 11 is 0. The van der Waals surface area contributed by atoms with Gasteiger partial charge in [-0.25, -0.2) is 4.79 Å². The van der Waals surface area contributed by atoms with Crippen LogP contribution in [0.3, 0.4) is 0 Å². The van der Waals surface area contributed by atoms with E-state index in [-0.39, 0.29) is 17.7 Å². The minimum atomic E-state index is -0.549. The van der Waals surface area contributed by atoms with E-state index in [4.69, 9.17) is 4.74 Å². The number of pyridine rings is 1. The zero-order valence-electron chi connectivity index (χ0n) is 11.9. The van der Waals surface area contributed by atoms with Gasteiger partial charge in [0.1, 0.15) is 5.56 Å². The van der Waals surface area contributed by atoms with E-state index in [1.165, 1.54) is 0 Å². The molecule has 1 aromatic carbocycles. The van der Waals surface area contributed by atoms with Gasteiger partial charge in [-0.1, -0.05) is 30.3 Å². The number of hydrogen-bond donors (Lipinski definition) is 1. The molecule has 1 aromatic heterocycles. The smallest absolute Gasteiger partial charge is 0.344 e. The highest BCUT2D eigenvalue weighted by Crippen LogP contribution is 2.32. The Kier molecular flexibility index (Phi) is 3.60. The Morgan fingerprint density at radius 2 is 2.00 bits per heavy atom. The molecule has 108 valence electrons. The van der Waals surface area contributed by atoms with Gasteiger partial charge in [0.15, 0.2) is 0 Å². The van der Waals surface area contributed by atoms with E-state index < -0.39 is 5.97 Å². The van der Waals surface area contributed by atoms with Crippen LogP contribution in [0.4, 0.5) is 0 Å². The first-order chi connectivity index (χ1) is 10.2. The number of aromatic nitrogens is 1. The number of esters is 1. The van der Waals surface area contributed by atoms with Crippen LogP contribution < -0.4 is 5.56 Å². The van der Waals surface area contributed by atoms with Crippen molar-refractivity contribution in [2.75, 3.05) is 6.61 Å². The largest absolute Gasteiger partial charge is 0.462 e. The zero-order chi connectivity index (χ0) is 14.8. The molecule has 3 rings (SSSR count). The molecule has 0 spiro atoms. The van der Waals surface area contributed by atoms with Gasteiger partial charge in [0.2, 0.25) is 0 Å². The maximum absolute atomic E-state index is 12.3. The lowest BCUT2D eigenvalue weighted by atomic mass is 9.95. The summed E-state index contributed by atoms with van der Waals surface area (Å²) in [4.78, 5) is 27.4. The minimum absolute atomic E-state index is 0.128. The van der Waals surface area contributed by atoms with Crippen molar-refractivity contribution in [1.82, 2.24) is 4.98 Å². The summed E-state index contributed by atoms with van der Waals surface area (Å²) in [5.74, 6) is -0.549. The molecule has 21 heavy (non-hydrogen) atoms. The number of H-pyrrole nitrogens is 1. The Hall–Kier alpha value is -2.36. The van der Waals surface area contributed by atoms with E-state index in [9.17, 15) is 9.59 Å². The number of aryl methyl sites for hydroxylation is 1. The normalized spacial score (nSPS) is 13.0. The van der Waals surface area contributed by atoms with Gasteiger partial charge in [-0.3, -0.25) is 4.79 Å². The fourth-order valence-corrected chi connectivity index (χ4v) is 2.94. The lowest BCUT2D eigenvalue weighted by Gasteiger charge is -2.13. The van der Waals surface area contributed by atoms with Crippen molar-refractivity contribution in [2.24, 2.45) is 0 Å². The fraction of sp³-hybridized carbons (Fsp3) is 0.294. The van der Waals surface area contributed by atoms with Crippen LogP contribution in [-0.4, -0.2) is 17.6 Å². The molecule has 4 heteroatoms. The fourth-order valence-electron chi connectivity index (χ4n) is 2.94. The van der Waals surface area contributed by atoms with Crippen molar-refractivity contribution in [3.8, 4) is 11.1 Å². The SMILES string of the molecule is CCOC(=O)c1c(-c2ccccc2)c2c([nH]c1=O)CCC2. The molecule has 0 fully saturated rings. The first-order valence-electron chi connectivity index (χ1n) is 7.23. The number of carbonyl (C=O) groups is 1. The molecule has 0 saturated heterocycles. The van der Waals surface area contributed by atoms with Crippen LogP contribution in [-0.2, 0) is 17.6 Å². The van der Waals surface area contributed by atoms with Crippen LogP contribution in [0.15, 0.2) is 35.1 Å². The topological polar surface area (TPSA) is 59.2 Å². The van der Waals surface area contributed by atoms with Crippen molar-refractivity contribution in [1.29, 1.82) is 0 Å². The summed E-state index contributed by atoms with van der Waals surface area (Å²) in [7, 11) is 0. The van der Waals surface area contributed by atoms with Crippen molar-refractivity contribution in [3.05, 3.63) is 57.5 Å². The van der Waals surface area contributed by atoms with E-state index in [2.05, 4.69) is 4.98 Å². The third kappa shape index (κ3) is 2.37. The lowest BCUT2D eigenvalue weighted by Crippen LogP contribution is -2.23. The van der Waals surface area contributed by atoms with Crippen LogP contribution in [0.1, 0.15) is 35.0 Å². The Bertz CT molecular complexity index is 732. The monoisotopic (exact) mass is 283 g/mol. The van der Waals surface area contributed by atoms with E-state index in [1.807, 2.05) is 30.3 Å². The molecule has 2 aromatic rings. The predicted octanol–water partition coefficient (Wildman–Crippen LogP) is 2.71. The number of nitrogens with one attached hydrogen (secondary N) is 1. The molecule has 0 amide bonds. The number of benzene rings is 1. The summed E-state index contributed by atoms with van der Waals surface area (Å²) in [6.45, 7) is 1.99. The molecule has 0 bridgehead atoms. The molecule has 1 aliphatic carbocycles. The van der Waals surface area contributed by atoms with Crippen LogP contribution in [0, 0.1) is 0 Å². The van der Waals surface area contributed by atoms with Crippen LogP contribution in [0.2, 0.25) is 0 Å². The number of hydrogen-bond acceptors (Lipinski definition) is 3. The average molecular weight is 283 g/mol. The van der Waals surface area contributed by atoms with E-state index >= 15 is 0 Å². The summed E-state index contributed by atoms with van der Waals surface area (Å²) in [5.41, 5.74) is 3.43. The van der Waals surface area contributed by atoms with Crippen LogP contribution >= 0.6 is 0 Å².